The minimum atomic E-state index is -0.534. The van der Waals surface area contributed by atoms with Gasteiger partial charge in [-0.1, -0.05) is 6.07 Å². The highest BCUT2D eigenvalue weighted by molar-refractivity contribution is 5.43. The molecule has 1 saturated heterocycles. The van der Waals surface area contributed by atoms with Crippen molar-refractivity contribution in [3.63, 3.8) is 0 Å². The van der Waals surface area contributed by atoms with Crippen LogP contribution in [0.25, 0.3) is 0 Å². The molecule has 1 unspecified atom stereocenters. The van der Waals surface area contributed by atoms with E-state index in [2.05, 4.69) is 21.7 Å². The number of piperazine rings is 1. The van der Waals surface area contributed by atoms with Crippen LogP contribution in [-0.4, -0.2) is 86.4 Å². The van der Waals surface area contributed by atoms with Crippen molar-refractivity contribution in [3.05, 3.63) is 47.9 Å². The number of hydrogen-bond acceptors (Lipinski definition) is 7. The third kappa shape index (κ3) is 6.75. The van der Waals surface area contributed by atoms with Gasteiger partial charge < -0.3 is 23.9 Å². The van der Waals surface area contributed by atoms with Crippen molar-refractivity contribution in [1.82, 2.24) is 14.7 Å². The van der Waals surface area contributed by atoms with Gasteiger partial charge in [0.2, 0.25) is 0 Å². The summed E-state index contributed by atoms with van der Waals surface area (Å²) in [7, 11) is 5.81. The number of hydrogen-bond donors (Lipinski definition) is 1. The summed E-state index contributed by atoms with van der Waals surface area (Å²) in [4.78, 5) is 6.76. The van der Waals surface area contributed by atoms with Crippen molar-refractivity contribution in [2.45, 2.75) is 19.2 Å². The van der Waals surface area contributed by atoms with E-state index in [1.807, 2.05) is 37.4 Å². The summed E-state index contributed by atoms with van der Waals surface area (Å²) < 4.78 is 16.8. The summed E-state index contributed by atoms with van der Waals surface area (Å²) in [5.74, 6) is 2.27. The van der Waals surface area contributed by atoms with Crippen molar-refractivity contribution >= 4 is 0 Å². The SMILES string of the molecule is COc1ccc(CN(C)Cc2ccco2)cc1OCC(O)CN1CCN(C)CC1. The number of benzene rings is 1. The zero-order valence-electron chi connectivity index (χ0n) is 17.7. The number of furan rings is 1. The molecule has 7 heteroatoms. The highest BCUT2D eigenvalue weighted by Gasteiger charge is 2.18. The Morgan fingerprint density at radius 2 is 1.93 bits per heavy atom. The van der Waals surface area contributed by atoms with E-state index < -0.39 is 6.10 Å². The van der Waals surface area contributed by atoms with Gasteiger partial charge in [0.15, 0.2) is 11.5 Å². The van der Waals surface area contributed by atoms with Gasteiger partial charge >= 0.3 is 0 Å². The van der Waals surface area contributed by atoms with Crippen LogP contribution in [0.4, 0.5) is 0 Å². The van der Waals surface area contributed by atoms with Crippen molar-refractivity contribution in [2.24, 2.45) is 0 Å². The van der Waals surface area contributed by atoms with Crippen LogP contribution in [0.5, 0.6) is 11.5 Å². The maximum absolute atomic E-state index is 10.4. The number of β-amino-alcohol motifs (C(OH)–C–C–N with tert-alkyl or cyclic N) is 1. The van der Waals surface area contributed by atoms with Crippen LogP contribution in [-0.2, 0) is 13.1 Å². The van der Waals surface area contributed by atoms with Crippen LogP contribution >= 0.6 is 0 Å². The Kier molecular flexibility index (Phi) is 7.94. The van der Waals surface area contributed by atoms with Gasteiger partial charge in [-0.05, 0) is 43.9 Å². The van der Waals surface area contributed by atoms with Crippen LogP contribution in [0, 0.1) is 0 Å². The molecule has 0 radical (unpaired) electrons. The number of likely N-dealkylation sites (N-methyl/N-ethyl adjacent to an activating group) is 1. The molecule has 1 fully saturated rings. The van der Waals surface area contributed by atoms with Crippen LogP contribution in [0.15, 0.2) is 41.0 Å². The molecule has 1 N–H and O–H groups in total. The zero-order valence-corrected chi connectivity index (χ0v) is 17.7. The largest absolute Gasteiger partial charge is 0.493 e. The van der Waals surface area contributed by atoms with Gasteiger partial charge in [-0.3, -0.25) is 9.80 Å². The second kappa shape index (κ2) is 10.6. The third-order valence-electron chi connectivity index (χ3n) is 5.18. The van der Waals surface area contributed by atoms with E-state index in [-0.39, 0.29) is 6.61 Å². The minimum absolute atomic E-state index is 0.244. The van der Waals surface area contributed by atoms with E-state index in [1.54, 1.807) is 13.4 Å². The summed E-state index contributed by atoms with van der Waals surface area (Å²) in [5, 5.41) is 10.4. The number of ether oxygens (including phenoxy) is 2. The van der Waals surface area contributed by atoms with Gasteiger partial charge in [-0.2, -0.15) is 0 Å². The van der Waals surface area contributed by atoms with Gasteiger partial charge in [0.1, 0.15) is 18.5 Å². The fourth-order valence-electron chi connectivity index (χ4n) is 3.54. The van der Waals surface area contributed by atoms with E-state index in [4.69, 9.17) is 13.9 Å². The number of aliphatic hydroxyl groups is 1. The molecule has 1 aromatic carbocycles. The van der Waals surface area contributed by atoms with Gasteiger partial charge in [0.25, 0.3) is 0 Å². The molecule has 2 aromatic rings. The molecule has 0 saturated carbocycles. The Labute approximate surface area is 173 Å². The molecule has 1 aliphatic heterocycles. The summed E-state index contributed by atoms with van der Waals surface area (Å²) >= 11 is 0. The van der Waals surface area contributed by atoms with Gasteiger partial charge in [-0.15, -0.1) is 0 Å². The molecule has 0 bridgehead atoms. The Balaban J connectivity index is 1.52. The van der Waals surface area contributed by atoms with Crippen molar-refractivity contribution in [1.29, 1.82) is 0 Å². The first-order valence-corrected chi connectivity index (χ1v) is 10.1. The van der Waals surface area contributed by atoms with Crippen LogP contribution in [0.3, 0.4) is 0 Å². The predicted octanol–water partition coefficient (Wildman–Crippen LogP) is 1.91. The molecule has 1 aliphatic rings. The molecule has 3 rings (SSSR count). The molecule has 29 heavy (non-hydrogen) atoms. The lowest BCUT2D eigenvalue weighted by Crippen LogP contribution is -2.47. The smallest absolute Gasteiger partial charge is 0.161 e. The van der Waals surface area contributed by atoms with E-state index in [1.165, 1.54) is 0 Å². The number of aliphatic hydroxyl groups excluding tert-OH is 1. The summed E-state index contributed by atoms with van der Waals surface area (Å²) in [6.07, 6.45) is 1.16. The highest BCUT2D eigenvalue weighted by atomic mass is 16.5. The topological polar surface area (TPSA) is 61.6 Å². The van der Waals surface area contributed by atoms with Gasteiger partial charge in [-0.25, -0.2) is 0 Å². The van der Waals surface area contributed by atoms with E-state index >= 15 is 0 Å². The molecular weight excluding hydrogens is 370 g/mol. The average molecular weight is 404 g/mol. The monoisotopic (exact) mass is 403 g/mol. The van der Waals surface area contributed by atoms with Crippen LogP contribution in [0.2, 0.25) is 0 Å². The van der Waals surface area contributed by atoms with Crippen LogP contribution < -0.4 is 9.47 Å². The number of rotatable bonds is 10. The fraction of sp³-hybridized carbons (Fsp3) is 0.545. The van der Waals surface area contributed by atoms with Gasteiger partial charge in [0, 0.05) is 39.3 Å². The normalized spacial score (nSPS) is 16.9. The Morgan fingerprint density at radius 1 is 1.14 bits per heavy atom. The minimum Gasteiger partial charge on any atom is -0.493 e. The lowest BCUT2D eigenvalue weighted by atomic mass is 10.2. The number of methoxy groups -OCH3 is 1. The average Bonchev–Trinajstić information content (AvgIpc) is 3.21. The fourth-order valence-corrected chi connectivity index (χ4v) is 3.54. The first-order chi connectivity index (χ1) is 14.0. The Morgan fingerprint density at radius 3 is 2.62 bits per heavy atom. The van der Waals surface area contributed by atoms with Crippen LogP contribution in [0.1, 0.15) is 11.3 Å². The molecule has 0 spiro atoms. The Hall–Kier alpha value is -2.06. The van der Waals surface area contributed by atoms with Gasteiger partial charge in [0.05, 0.1) is 19.9 Å². The standard InChI is InChI=1S/C22H33N3O4/c1-23-8-10-25(11-9-23)15-19(26)17-29-22-13-18(6-7-21(22)27-3)14-24(2)16-20-5-4-12-28-20/h4-7,12-13,19,26H,8-11,14-17H2,1-3H3. The molecule has 0 amide bonds. The highest BCUT2D eigenvalue weighted by Crippen LogP contribution is 2.29. The first-order valence-electron chi connectivity index (χ1n) is 10.1. The lowest BCUT2D eigenvalue weighted by Gasteiger charge is -2.33. The second-order valence-corrected chi connectivity index (χ2v) is 7.81. The summed E-state index contributed by atoms with van der Waals surface area (Å²) in [6.45, 7) is 6.40. The maximum Gasteiger partial charge on any atom is 0.161 e. The lowest BCUT2D eigenvalue weighted by molar-refractivity contribution is 0.0497. The molecular formula is C22H33N3O4. The molecule has 1 atom stereocenters. The van der Waals surface area contributed by atoms with Crippen molar-refractivity contribution in [3.8, 4) is 11.5 Å². The second-order valence-electron chi connectivity index (χ2n) is 7.81. The molecule has 1 aromatic heterocycles. The molecule has 2 heterocycles. The molecule has 7 nitrogen and oxygen atoms in total. The maximum atomic E-state index is 10.4. The third-order valence-corrected chi connectivity index (χ3v) is 5.18. The number of nitrogens with zero attached hydrogens (tertiary/aromatic N) is 3. The van der Waals surface area contributed by atoms with E-state index in [0.29, 0.717) is 18.0 Å². The molecule has 0 aliphatic carbocycles. The summed E-state index contributed by atoms with van der Waals surface area (Å²) in [5.41, 5.74) is 1.11. The quantitative estimate of drug-likeness (QED) is 0.650. The van der Waals surface area contributed by atoms with E-state index in [9.17, 15) is 5.11 Å². The van der Waals surface area contributed by atoms with Crippen molar-refractivity contribution < 1.29 is 19.0 Å². The summed E-state index contributed by atoms with van der Waals surface area (Å²) in [6, 6.07) is 9.81. The predicted molar refractivity (Wildman–Crippen MR) is 112 cm³/mol. The first kappa shape index (κ1) is 21.6. The Bertz CT molecular complexity index is 730. The zero-order chi connectivity index (χ0) is 20.6. The van der Waals surface area contributed by atoms with E-state index in [0.717, 1.165) is 50.6 Å². The van der Waals surface area contributed by atoms with Crippen molar-refractivity contribution in [2.75, 3.05) is 60.5 Å². The molecule has 160 valence electrons.